The molecule has 138 valence electrons. The monoisotopic (exact) mass is 383 g/mol. The predicted molar refractivity (Wildman–Crippen MR) is 103 cm³/mol. The van der Waals surface area contributed by atoms with Gasteiger partial charge in [-0.3, -0.25) is 9.36 Å². The minimum atomic E-state index is -0.142. The summed E-state index contributed by atoms with van der Waals surface area (Å²) in [5, 5.41) is 0.671. The molecule has 0 spiro atoms. The first-order valence-corrected chi connectivity index (χ1v) is 8.96. The maximum atomic E-state index is 12.5. The lowest BCUT2D eigenvalue weighted by Gasteiger charge is -2.34. The third-order valence-corrected chi connectivity index (χ3v) is 4.76. The highest BCUT2D eigenvalue weighted by atomic mass is 35.5. The number of benzene rings is 1. The first-order valence-electron chi connectivity index (χ1n) is 8.58. The van der Waals surface area contributed by atoms with Gasteiger partial charge in [0.25, 0.3) is 5.56 Å². The van der Waals surface area contributed by atoms with Gasteiger partial charge >= 0.3 is 0 Å². The van der Waals surface area contributed by atoms with E-state index < -0.39 is 0 Å². The molecule has 8 heteroatoms. The SMILES string of the molecule is Cn1c(N2CCO[C@@H](c3cccc(Cl)c3)C2)nc(-c2ccncn2)cc1=O. The molecule has 1 aliphatic rings. The largest absolute Gasteiger partial charge is 0.370 e. The van der Waals surface area contributed by atoms with E-state index in [0.717, 1.165) is 5.56 Å². The van der Waals surface area contributed by atoms with Crippen molar-refractivity contribution in [3.05, 3.63) is 69.9 Å². The number of nitrogens with zero attached hydrogens (tertiary/aromatic N) is 5. The standard InChI is InChI=1S/C19H18ClN5O2/c1-24-18(26)10-16(15-5-6-21-12-22-15)23-19(24)25-7-8-27-17(11-25)13-3-2-4-14(20)9-13/h2-6,9-10,12,17H,7-8,11H2,1H3/t17-/m1/s1. The van der Waals surface area contributed by atoms with Crippen LogP contribution < -0.4 is 10.5 Å². The molecular formula is C19H18ClN5O2. The van der Waals surface area contributed by atoms with Crippen LogP contribution in [-0.4, -0.2) is 39.2 Å². The van der Waals surface area contributed by atoms with Crippen molar-refractivity contribution in [2.75, 3.05) is 24.6 Å². The Bertz CT molecular complexity index is 1010. The molecular weight excluding hydrogens is 366 g/mol. The molecule has 1 atom stereocenters. The van der Waals surface area contributed by atoms with Crippen molar-refractivity contribution in [2.24, 2.45) is 7.05 Å². The summed E-state index contributed by atoms with van der Waals surface area (Å²) in [4.78, 5) is 27.3. The van der Waals surface area contributed by atoms with Gasteiger partial charge in [-0.25, -0.2) is 15.0 Å². The molecule has 1 aliphatic heterocycles. The zero-order valence-electron chi connectivity index (χ0n) is 14.7. The Kier molecular flexibility index (Phi) is 4.87. The van der Waals surface area contributed by atoms with E-state index in [0.29, 0.717) is 42.1 Å². The highest BCUT2D eigenvalue weighted by Crippen LogP contribution is 2.27. The molecule has 1 aromatic carbocycles. The minimum Gasteiger partial charge on any atom is -0.370 e. The molecule has 3 aromatic rings. The van der Waals surface area contributed by atoms with Crippen molar-refractivity contribution < 1.29 is 4.74 Å². The summed E-state index contributed by atoms with van der Waals surface area (Å²) in [5.74, 6) is 0.589. The van der Waals surface area contributed by atoms with Crippen LogP contribution in [0.4, 0.5) is 5.95 Å². The number of hydrogen-bond acceptors (Lipinski definition) is 6. The van der Waals surface area contributed by atoms with Crippen LogP contribution in [0, 0.1) is 0 Å². The summed E-state index contributed by atoms with van der Waals surface area (Å²) < 4.78 is 7.47. The maximum Gasteiger partial charge on any atom is 0.255 e. The maximum absolute atomic E-state index is 12.5. The Labute approximate surface area is 161 Å². The van der Waals surface area contributed by atoms with E-state index in [1.54, 1.807) is 23.9 Å². The van der Waals surface area contributed by atoms with Crippen LogP contribution in [-0.2, 0) is 11.8 Å². The first-order chi connectivity index (χ1) is 13.1. The summed E-state index contributed by atoms with van der Waals surface area (Å²) in [6.07, 6.45) is 2.93. The van der Waals surface area contributed by atoms with Crippen LogP contribution in [0.1, 0.15) is 11.7 Å². The fourth-order valence-corrected chi connectivity index (χ4v) is 3.32. The van der Waals surface area contributed by atoms with Gasteiger partial charge in [-0.15, -0.1) is 0 Å². The number of ether oxygens (including phenoxy) is 1. The normalized spacial score (nSPS) is 17.1. The van der Waals surface area contributed by atoms with E-state index in [1.165, 1.54) is 12.4 Å². The van der Waals surface area contributed by atoms with Gasteiger partial charge < -0.3 is 9.64 Å². The Morgan fingerprint density at radius 2 is 2.11 bits per heavy atom. The van der Waals surface area contributed by atoms with Crippen molar-refractivity contribution in [1.82, 2.24) is 19.5 Å². The van der Waals surface area contributed by atoms with Crippen LogP contribution in [0.3, 0.4) is 0 Å². The second-order valence-electron chi connectivity index (χ2n) is 6.29. The van der Waals surface area contributed by atoms with Gasteiger partial charge in [0.1, 0.15) is 12.4 Å². The zero-order chi connectivity index (χ0) is 18.8. The van der Waals surface area contributed by atoms with Crippen molar-refractivity contribution in [2.45, 2.75) is 6.10 Å². The molecule has 0 unspecified atom stereocenters. The minimum absolute atomic E-state index is 0.139. The highest BCUT2D eigenvalue weighted by Gasteiger charge is 2.25. The number of aromatic nitrogens is 4. The van der Waals surface area contributed by atoms with E-state index in [1.807, 2.05) is 24.3 Å². The topological polar surface area (TPSA) is 73.1 Å². The number of morpholine rings is 1. The fraction of sp³-hybridized carbons (Fsp3) is 0.263. The molecule has 0 bridgehead atoms. The van der Waals surface area contributed by atoms with E-state index >= 15 is 0 Å². The van der Waals surface area contributed by atoms with Crippen LogP contribution in [0.2, 0.25) is 5.02 Å². The van der Waals surface area contributed by atoms with E-state index in [2.05, 4.69) is 19.9 Å². The van der Waals surface area contributed by atoms with E-state index in [4.69, 9.17) is 16.3 Å². The van der Waals surface area contributed by atoms with Crippen LogP contribution in [0.25, 0.3) is 11.4 Å². The fourth-order valence-electron chi connectivity index (χ4n) is 3.12. The molecule has 0 radical (unpaired) electrons. The summed E-state index contributed by atoms with van der Waals surface area (Å²) in [5.41, 5.74) is 2.01. The third kappa shape index (κ3) is 3.70. The molecule has 2 aromatic heterocycles. The Morgan fingerprint density at radius 3 is 2.89 bits per heavy atom. The molecule has 27 heavy (non-hydrogen) atoms. The molecule has 4 rings (SSSR count). The van der Waals surface area contributed by atoms with Crippen molar-refractivity contribution in [3.63, 3.8) is 0 Å². The molecule has 3 heterocycles. The lowest BCUT2D eigenvalue weighted by atomic mass is 10.1. The summed E-state index contributed by atoms with van der Waals surface area (Å²) in [7, 11) is 1.72. The number of anilines is 1. The Balaban J connectivity index is 1.68. The van der Waals surface area contributed by atoms with Gasteiger partial charge in [0, 0.05) is 30.9 Å². The lowest BCUT2D eigenvalue weighted by Crippen LogP contribution is -2.41. The quantitative estimate of drug-likeness (QED) is 0.691. The van der Waals surface area contributed by atoms with Gasteiger partial charge in [0.2, 0.25) is 5.95 Å². The lowest BCUT2D eigenvalue weighted by molar-refractivity contribution is 0.0390. The van der Waals surface area contributed by atoms with Gasteiger partial charge in [-0.05, 0) is 23.8 Å². The van der Waals surface area contributed by atoms with Crippen molar-refractivity contribution >= 4 is 17.5 Å². The molecule has 0 aliphatic carbocycles. The van der Waals surface area contributed by atoms with Crippen molar-refractivity contribution in [3.8, 4) is 11.4 Å². The first kappa shape index (κ1) is 17.6. The molecule has 0 amide bonds. The molecule has 0 saturated carbocycles. The number of rotatable bonds is 3. The van der Waals surface area contributed by atoms with Gasteiger partial charge in [-0.2, -0.15) is 0 Å². The summed E-state index contributed by atoms with van der Waals surface area (Å²) >= 11 is 6.11. The van der Waals surface area contributed by atoms with Gasteiger partial charge in [-0.1, -0.05) is 23.7 Å². The molecule has 7 nitrogen and oxygen atoms in total. The average Bonchev–Trinajstić information content (AvgIpc) is 2.71. The number of halogens is 1. The third-order valence-electron chi connectivity index (χ3n) is 4.53. The molecule has 1 saturated heterocycles. The summed E-state index contributed by atoms with van der Waals surface area (Å²) in [6, 6.07) is 10.9. The van der Waals surface area contributed by atoms with Gasteiger partial charge in [0.15, 0.2) is 0 Å². The highest BCUT2D eigenvalue weighted by molar-refractivity contribution is 6.30. The second-order valence-corrected chi connectivity index (χ2v) is 6.73. The van der Waals surface area contributed by atoms with Crippen LogP contribution in [0.15, 0.2) is 53.7 Å². The average molecular weight is 384 g/mol. The molecule has 0 N–H and O–H groups in total. The van der Waals surface area contributed by atoms with Gasteiger partial charge in [0.05, 0.1) is 24.5 Å². The number of hydrogen-bond donors (Lipinski definition) is 0. The second kappa shape index (κ2) is 7.46. The van der Waals surface area contributed by atoms with E-state index in [9.17, 15) is 4.79 Å². The zero-order valence-corrected chi connectivity index (χ0v) is 15.5. The smallest absolute Gasteiger partial charge is 0.255 e. The summed E-state index contributed by atoms with van der Waals surface area (Å²) in [6.45, 7) is 1.75. The van der Waals surface area contributed by atoms with Crippen LogP contribution >= 0.6 is 11.6 Å². The Morgan fingerprint density at radius 1 is 1.22 bits per heavy atom. The van der Waals surface area contributed by atoms with Crippen LogP contribution in [0.5, 0.6) is 0 Å². The predicted octanol–water partition coefficient (Wildman–Crippen LogP) is 2.47. The van der Waals surface area contributed by atoms with Crippen molar-refractivity contribution in [1.29, 1.82) is 0 Å². The van der Waals surface area contributed by atoms with E-state index in [-0.39, 0.29) is 11.7 Å². The molecule has 1 fully saturated rings. The Hall–Kier alpha value is -2.77.